The Bertz CT molecular complexity index is 717. The fraction of sp³-hybridized carbons (Fsp3) is 0.529. The fourth-order valence-corrected chi connectivity index (χ4v) is 3.81. The van der Waals surface area contributed by atoms with Gasteiger partial charge in [0.2, 0.25) is 0 Å². The molecule has 1 heterocycles. The highest BCUT2D eigenvalue weighted by Crippen LogP contribution is 2.59. The minimum atomic E-state index is -0.700. The Hall–Kier alpha value is -1.84. The van der Waals surface area contributed by atoms with Crippen LogP contribution in [0, 0.1) is 10.8 Å². The van der Waals surface area contributed by atoms with E-state index in [1.807, 2.05) is 32.2 Å². The molecule has 3 rings (SSSR count). The van der Waals surface area contributed by atoms with Crippen molar-refractivity contribution < 1.29 is 9.90 Å². The lowest BCUT2D eigenvalue weighted by Crippen LogP contribution is -2.40. The van der Waals surface area contributed by atoms with E-state index in [1.165, 1.54) is 0 Å². The first kappa shape index (κ1) is 14.1. The standard InChI is InChI=1S/C17H22N2O2/c1-16(2)11(9-10-17(16,3)15(20)21)14-18-12-7-5-6-8-13(12)19(14)4/h5-8,11H,9-10H2,1-4H3,(H,20,21)/t11-,17+/m0/s1. The van der Waals surface area contributed by atoms with Gasteiger partial charge in [0.25, 0.3) is 0 Å². The predicted molar refractivity (Wildman–Crippen MR) is 82.2 cm³/mol. The van der Waals surface area contributed by atoms with Crippen LogP contribution in [0.4, 0.5) is 0 Å². The Morgan fingerprint density at radius 2 is 2.00 bits per heavy atom. The molecule has 4 heteroatoms. The molecule has 0 radical (unpaired) electrons. The maximum atomic E-state index is 11.7. The van der Waals surface area contributed by atoms with Crippen LogP contribution in [0.25, 0.3) is 11.0 Å². The zero-order valence-electron chi connectivity index (χ0n) is 13.1. The molecular weight excluding hydrogens is 264 g/mol. The molecule has 0 bridgehead atoms. The zero-order valence-corrected chi connectivity index (χ0v) is 13.1. The van der Waals surface area contributed by atoms with Crippen molar-refractivity contribution in [2.24, 2.45) is 17.9 Å². The van der Waals surface area contributed by atoms with Crippen LogP contribution >= 0.6 is 0 Å². The van der Waals surface area contributed by atoms with Crippen LogP contribution in [0.2, 0.25) is 0 Å². The number of carboxylic acids is 1. The first-order chi connectivity index (χ1) is 9.79. The molecule has 1 fully saturated rings. The molecule has 4 nitrogen and oxygen atoms in total. The maximum absolute atomic E-state index is 11.7. The summed E-state index contributed by atoms with van der Waals surface area (Å²) < 4.78 is 2.12. The highest BCUT2D eigenvalue weighted by molar-refractivity contribution is 5.77. The summed E-state index contributed by atoms with van der Waals surface area (Å²) >= 11 is 0. The molecule has 0 unspecified atom stereocenters. The predicted octanol–water partition coefficient (Wildman–Crippen LogP) is 3.57. The monoisotopic (exact) mass is 286 g/mol. The van der Waals surface area contributed by atoms with E-state index >= 15 is 0 Å². The molecule has 1 aliphatic carbocycles. The van der Waals surface area contributed by atoms with Crippen LogP contribution < -0.4 is 0 Å². The number of aliphatic carboxylic acids is 1. The number of aryl methyl sites for hydroxylation is 1. The fourth-order valence-electron chi connectivity index (χ4n) is 3.81. The molecule has 0 amide bonds. The third-order valence-electron chi connectivity index (χ3n) is 5.83. The molecule has 2 aromatic rings. The average Bonchev–Trinajstić information content (AvgIpc) is 2.87. The van der Waals surface area contributed by atoms with Gasteiger partial charge in [-0.25, -0.2) is 4.98 Å². The molecule has 0 spiro atoms. The number of hydrogen-bond donors (Lipinski definition) is 1. The normalized spacial score (nSPS) is 28.1. The second kappa shape index (κ2) is 4.33. The molecule has 1 aromatic carbocycles. The molecule has 1 saturated carbocycles. The van der Waals surface area contributed by atoms with Gasteiger partial charge in [0.05, 0.1) is 16.4 Å². The van der Waals surface area contributed by atoms with Gasteiger partial charge in [-0.05, 0) is 37.3 Å². The summed E-state index contributed by atoms with van der Waals surface area (Å²) in [6.07, 6.45) is 1.57. The number of hydrogen-bond acceptors (Lipinski definition) is 2. The van der Waals surface area contributed by atoms with Crippen molar-refractivity contribution in [1.29, 1.82) is 0 Å². The minimum Gasteiger partial charge on any atom is -0.481 e. The lowest BCUT2D eigenvalue weighted by Gasteiger charge is -2.38. The number of nitrogens with zero attached hydrogens (tertiary/aromatic N) is 2. The molecule has 2 atom stereocenters. The van der Waals surface area contributed by atoms with E-state index in [4.69, 9.17) is 4.98 Å². The van der Waals surface area contributed by atoms with Crippen molar-refractivity contribution in [1.82, 2.24) is 9.55 Å². The Kier molecular flexibility index (Phi) is 2.91. The third-order valence-corrected chi connectivity index (χ3v) is 5.83. The summed E-state index contributed by atoms with van der Waals surface area (Å²) in [7, 11) is 2.02. The number of aromatic nitrogens is 2. The van der Waals surface area contributed by atoms with Crippen LogP contribution in [-0.4, -0.2) is 20.6 Å². The van der Waals surface area contributed by atoms with Gasteiger partial charge >= 0.3 is 5.97 Å². The van der Waals surface area contributed by atoms with E-state index in [2.05, 4.69) is 24.5 Å². The number of carboxylic acid groups (broad SMARTS) is 1. The SMILES string of the molecule is Cn1c([C@@H]2CC[C@](C)(C(=O)O)C2(C)C)nc2ccccc21. The smallest absolute Gasteiger partial charge is 0.309 e. The quantitative estimate of drug-likeness (QED) is 0.918. The summed E-state index contributed by atoms with van der Waals surface area (Å²) in [5.74, 6) is 0.468. The topological polar surface area (TPSA) is 55.1 Å². The number of imidazole rings is 1. The molecule has 112 valence electrons. The lowest BCUT2D eigenvalue weighted by atomic mass is 9.65. The first-order valence-electron chi connectivity index (χ1n) is 7.44. The Balaban J connectivity index is 2.12. The van der Waals surface area contributed by atoms with Gasteiger partial charge in [0, 0.05) is 13.0 Å². The van der Waals surface area contributed by atoms with Gasteiger partial charge in [-0.1, -0.05) is 26.0 Å². The zero-order chi connectivity index (χ0) is 15.4. The van der Waals surface area contributed by atoms with E-state index in [0.717, 1.165) is 23.3 Å². The van der Waals surface area contributed by atoms with Crippen molar-refractivity contribution in [3.05, 3.63) is 30.1 Å². The van der Waals surface area contributed by atoms with Crippen LogP contribution in [0.5, 0.6) is 0 Å². The van der Waals surface area contributed by atoms with E-state index in [0.29, 0.717) is 6.42 Å². The van der Waals surface area contributed by atoms with Gasteiger partial charge in [-0.2, -0.15) is 0 Å². The van der Waals surface area contributed by atoms with Crippen molar-refractivity contribution in [3.63, 3.8) is 0 Å². The Labute approximate surface area is 124 Å². The van der Waals surface area contributed by atoms with Crippen molar-refractivity contribution in [2.75, 3.05) is 0 Å². The van der Waals surface area contributed by atoms with Crippen LogP contribution in [0.15, 0.2) is 24.3 Å². The van der Waals surface area contributed by atoms with E-state index in [9.17, 15) is 9.90 Å². The maximum Gasteiger partial charge on any atom is 0.309 e. The molecule has 0 aliphatic heterocycles. The molecular formula is C17H22N2O2. The highest BCUT2D eigenvalue weighted by Gasteiger charge is 2.57. The van der Waals surface area contributed by atoms with Crippen LogP contribution in [0.1, 0.15) is 45.4 Å². The first-order valence-corrected chi connectivity index (χ1v) is 7.44. The molecule has 1 N–H and O–H groups in total. The van der Waals surface area contributed by atoms with Crippen LogP contribution in [-0.2, 0) is 11.8 Å². The number of benzene rings is 1. The Morgan fingerprint density at radius 3 is 2.57 bits per heavy atom. The van der Waals surface area contributed by atoms with Gasteiger partial charge in [0.1, 0.15) is 5.82 Å². The number of fused-ring (bicyclic) bond motifs is 1. The second-order valence-corrected chi connectivity index (χ2v) is 6.97. The second-order valence-electron chi connectivity index (χ2n) is 6.97. The largest absolute Gasteiger partial charge is 0.481 e. The highest BCUT2D eigenvalue weighted by atomic mass is 16.4. The van der Waals surface area contributed by atoms with Gasteiger partial charge in [-0.15, -0.1) is 0 Å². The summed E-state index contributed by atoms with van der Waals surface area (Å²) in [6, 6.07) is 8.07. The Morgan fingerprint density at radius 1 is 1.33 bits per heavy atom. The van der Waals surface area contributed by atoms with Crippen molar-refractivity contribution in [3.8, 4) is 0 Å². The molecule has 1 aromatic heterocycles. The van der Waals surface area contributed by atoms with Crippen molar-refractivity contribution >= 4 is 17.0 Å². The summed E-state index contributed by atoms with van der Waals surface area (Å²) in [5.41, 5.74) is 1.06. The summed E-state index contributed by atoms with van der Waals surface area (Å²) in [4.78, 5) is 16.5. The molecule has 1 aliphatic rings. The summed E-state index contributed by atoms with van der Waals surface area (Å²) in [6.45, 7) is 6.01. The number of rotatable bonds is 2. The lowest BCUT2D eigenvalue weighted by molar-refractivity contribution is -0.153. The van der Waals surface area contributed by atoms with Gasteiger partial charge in [0.15, 0.2) is 0 Å². The molecule has 0 saturated heterocycles. The van der Waals surface area contributed by atoms with E-state index in [1.54, 1.807) is 0 Å². The van der Waals surface area contributed by atoms with Crippen molar-refractivity contribution in [2.45, 2.75) is 39.5 Å². The van der Waals surface area contributed by atoms with Crippen LogP contribution in [0.3, 0.4) is 0 Å². The third kappa shape index (κ3) is 1.74. The van der Waals surface area contributed by atoms with Gasteiger partial charge < -0.3 is 9.67 Å². The van der Waals surface area contributed by atoms with Gasteiger partial charge in [-0.3, -0.25) is 4.79 Å². The number of para-hydroxylation sites is 2. The van der Waals surface area contributed by atoms with E-state index < -0.39 is 11.4 Å². The molecule has 21 heavy (non-hydrogen) atoms. The average molecular weight is 286 g/mol. The summed E-state index contributed by atoms with van der Waals surface area (Å²) in [5, 5.41) is 9.65. The van der Waals surface area contributed by atoms with E-state index in [-0.39, 0.29) is 11.3 Å². The minimum absolute atomic E-state index is 0.163. The number of carbonyl (C=O) groups is 1.